The molecule has 0 bridgehead atoms. The van der Waals surface area contributed by atoms with Crippen molar-refractivity contribution < 1.29 is 23.6 Å². The number of hydrogen-bond donors (Lipinski definition) is 2. The molecule has 1 unspecified atom stereocenters. The minimum absolute atomic E-state index is 0.119. The highest BCUT2D eigenvalue weighted by Gasteiger charge is 2.20. The molecule has 34 heavy (non-hydrogen) atoms. The normalized spacial score (nSPS) is 12.8. The first-order valence-corrected chi connectivity index (χ1v) is 14.9. The Morgan fingerprint density at radius 1 is 0.735 bits per heavy atom. The van der Waals surface area contributed by atoms with Crippen molar-refractivity contribution in [1.29, 1.82) is 0 Å². The van der Waals surface area contributed by atoms with Crippen LogP contribution >= 0.6 is 7.82 Å². The van der Waals surface area contributed by atoms with Gasteiger partial charge in [-0.1, -0.05) is 127 Å². The van der Waals surface area contributed by atoms with Crippen molar-refractivity contribution in [3.05, 3.63) is 42.5 Å². The second kappa shape index (κ2) is 17.1. The molecule has 0 aliphatic rings. The molecule has 2 aromatic rings. The van der Waals surface area contributed by atoms with Gasteiger partial charge in [0.1, 0.15) is 11.9 Å². The minimum Gasteiger partial charge on any atom is -0.487 e. The van der Waals surface area contributed by atoms with Crippen molar-refractivity contribution in [2.24, 2.45) is 0 Å². The number of benzene rings is 2. The molecule has 192 valence electrons. The summed E-state index contributed by atoms with van der Waals surface area (Å²) in [5.74, 6) is 0.725. The first-order valence-electron chi connectivity index (χ1n) is 13.3. The lowest BCUT2D eigenvalue weighted by molar-refractivity contribution is 0.0952. The van der Waals surface area contributed by atoms with Crippen LogP contribution in [-0.2, 0) is 9.09 Å². The van der Waals surface area contributed by atoms with Gasteiger partial charge in [-0.05, 0) is 24.3 Å². The Bertz CT molecular complexity index is 829. The Labute approximate surface area is 206 Å². The second-order valence-electron chi connectivity index (χ2n) is 9.39. The third kappa shape index (κ3) is 12.9. The fraction of sp³-hybridized carbons (Fsp3) is 0.643. The van der Waals surface area contributed by atoms with Gasteiger partial charge < -0.3 is 14.5 Å². The molecule has 1 atom stereocenters. The molecule has 0 aliphatic carbocycles. The maximum atomic E-state index is 11.2. The summed E-state index contributed by atoms with van der Waals surface area (Å²) in [4.78, 5) is 18.3. The van der Waals surface area contributed by atoms with E-state index in [4.69, 9.17) is 19.0 Å². The lowest BCUT2D eigenvalue weighted by Crippen LogP contribution is -2.22. The molecule has 2 N–H and O–H groups in total. The molecule has 0 aliphatic heterocycles. The number of hydrogen-bond acceptors (Lipinski definition) is 3. The summed E-state index contributed by atoms with van der Waals surface area (Å²) < 4.78 is 22.2. The van der Waals surface area contributed by atoms with Crippen molar-refractivity contribution >= 4 is 18.6 Å². The molecular formula is C28H45O5P. The van der Waals surface area contributed by atoms with Crippen LogP contribution in [0, 0.1) is 0 Å². The van der Waals surface area contributed by atoms with Crippen LogP contribution in [-0.4, -0.2) is 22.5 Å². The Morgan fingerprint density at radius 3 is 1.85 bits per heavy atom. The van der Waals surface area contributed by atoms with Crippen LogP contribution in [0.1, 0.15) is 103 Å². The van der Waals surface area contributed by atoms with Crippen LogP contribution in [0.5, 0.6) is 5.75 Å². The first-order chi connectivity index (χ1) is 16.5. The van der Waals surface area contributed by atoms with E-state index in [0.29, 0.717) is 6.42 Å². The highest BCUT2D eigenvalue weighted by atomic mass is 31.2. The van der Waals surface area contributed by atoms with Crippen LogP contribution in [0.25, 0.3) is 10.8 Å². The summed E-state index contributed by atoms with van der Waals surface area (Å²) in [6.45, 7) is 2.14. The van der Waals surface area contributed by atoms with E-state index in [1.54, 1.807) is 0 Å². The van der Waals surface area contributed by atoms with E-state index in [0.717, 1.165) is 29.4 Å². The molecule has 0 aromatic heterocycles. The lowest BCUT2D eigenvalue weighted by atomic mass is 10.0. The van der Waals surface area contributed by atoms with E-state index >= 15 is 0 Å². The van der Waals surface area contributed by atoms with E-state index in [2.05, 4.69) is 6.92 Å². The summed E-state index contributed by atoms with van der Waals surface area (Å²) >= 11 is 0. The topological polar surface area (TPSA) is 76.0 Å². The van der Waals surface area contributed by atoms with Gasteiger partial charge in [-0.15, -0.1) is 0 Å². The van der Waals surface area contributed by atoms with Crippen LogP contribution in [0.3, 0.4) is 0 Å². The third-order valence-electron chi connectivity index (χ3n) is 6.35. The monoisotopic (exact) mass is 492 g/mol. The Hall–Kier alpha value is -1.39. The maximum absolute atomic E-state index is 11.2. The summed E-state index contributed by atoms with van der Waals surface area (Å²) in [5.41, 5.74) is 0. The van der Waals surface area contributed by atoms with E-state index in [9.17, 15) is 4.57 Å². The molecule has 0 amide bonds. The molecule has 0 radical (unpaired) electrons. The van der Waals surface area contributed by atoms with Crippen molar-refractivity contribution in [3.63, 3.8) is 0 Å². The third-order valence-corrected chi connectivity index (χ3v) is 6.84. The van der Waals surface area contributed by atoms with Gasteiger partial charge in [-0.2, -0.15) is 0 Å². The predicted molar refractivity (Wildman–Crippen MR) is 141 cm³/mol. The number of unbranched alkanes of at least 4 members (excludes halogenated alkanes) is 13. The Balaban J connectivity index is 1.64. The molecule has 6 heteroatoms. The zero-order valence-corrected chi connectivity index (χ0v) is 21.9. The molecule has 0 spiro atoms. The summed E-state index contributed by atoms with van der Waals surface area (Å²) in [5, 5.41) is 2.07. The van der Waals surface area contributed by atoms with Crippen molar-refractivity contribution in [1.82, 2.24) is 0 Å². The van der Waals surface area contributed by atoms with Gasteiger partial charge in [0.2, 0.25) is 0 Å². The molecule has 5 nitrogen and oxygen atoms in total. The van der Waals surface area contributed by atoms with Gasteiger partial charge in [0, 0.05) is 5.39 Å². The Kier molecular flexibility index (Phi) is 14.5. The molecule has 2 aromatic carbocycles. The van der Waals surface area contributed by atoms with Crippen molar-refractivity contribution in [3.8, 4) is 5.75 Å². The number of phosphoric acid groups is 1. The van der Waals surface area contributed by atoms with Crippen molar-refractivity contribution in [2.45, 2.75) is 109 Å². The second-order valence-corrected chi connectivity index (χ2v) is 10.6. The summed E-state index contributed by atoms with van der Waals surface area (Å²) in [6.07, 6.45) is 18.5. The van der Waals surface area contributed by atoms with Gasteiger partial charge in [-0.3, -0.25) is 4.52 Å². The van der Waals surface area contributed by atoms with E-state index in [1.807, 2.05) is 42.5 Å². The van der Waals surface area contributed by atoms with Crippen LogP contribution in [0.15, 0.2) is 42.5 Å². The molecule has 0 saturated carbocycles. The standard InChI is InChI=1S/C28H45O5P/c1-2-3-4-5-6-7-8-9-10-11-12-13-14-15-21-26(24-32-34(29,30)31)33-28-23-18-20-25-19-16-17-22-27(25)28/h16-20,22-23,26H,2-15,21,24H2,1H3,(H2,29,30,31). The molecular weight excluding hydrogens is 447 g/mol. The number of phosphoric ester groups is 1. The summed E-state index contributed by atoms with van der Waals surface area (Å²) in [6, 6.07) is 13.8. The van der Waals surface area contributed by atoms with Gasteiger partial charge in [0.05, 0.1) is 6.61 Å². The minimum atomic E-state index is -4.53. The number of fused-ring (bicyclic) bond motifs is 1. The van der Waals surface area contributed by atoms with Gasteiger partial charge in [-0.25, -0.2) is 4.57 Å². The average Bonchev–Trinajstić information content (AvgIpc) is 2.82. The number of ether oxygens (including phenoxy) is 1. The smallest absolute Gasteiger partial charge is 0.469 e. The van der Waals surface area contributed by atoms with Gasteiger partial charge >= 0.3 is 7.82 Å². The SMILES string of the molecule is CCCCCCCCCCCCCCCCC(COP(=O)(O)O)Oc1cccc2ccccc12. The number of rotatable bonds is 20. The van der Waals surface area contributed by atoms with Crippen LogP contribution in [0.2, 0.25) is 0 Å². The van der Waals surface area contributed by atoms with Crippen LogP contribution < -0.4 is 4.74 Å². The largest absolute Gasteiger partial charge is 0.487 e. The lowest BCUT2D eigenvalue weighted by Gasteiger charge is -2.20. The van der Waals surface area contributed by atoms with Crippen molar-refractivity contribution in [2.75, 3.05) is 6.61 Å². The molecule has 2 rings (SSSR count). The maximum Gasteiger partial charge on any atom is 0.469 e. The van der Waals surface area contributed by atoms with Crippen LogP contribution in [0.4, 0.5) is 0 Å². The predicted octanol–water partition coefficient (Wildman–Crippen LogP) is 8.57. The molecule has 0 heterocycles. The zero-order chi connectivity index (χ0) is 24.5. The van der Waals surface area contributed by atoms with Gasteiger partial charge in [0.15, 0.2) is 0 Å². The first kappa shape index (κ1) is 28.8. The fourth-order valence-corrected chi connectivity index (χ4v) is 4.76. The Morgan fingerprint density at radius 2 is 1.26 bits per heavy atom. The van der Waals surface area contributed by atoms with Gasteiger partial charge in [0.25, 0.3) is 0 Å². The molecule has 0 fully saturated rings. The fourth-order valence-electron chi connectivity index (χ4n) is 4.40. The quantitative estimate of drug-likeness (QED) is 0.143. The molecule has 0 saturated heterocycles. The highest BCUT2D eigenvalue weighted by Crippen LogP contribution is 2.36. The zero-order valence-electron chi connectivity index (χ0n) is 21.0. The average molecular weight is 493 g/mol. The van der Waals surface area contributed by atoms with E-state index < -0.39 is 13.9 Å². The highest BCUT2D eigenvalue weighted by molar-refractivity contribution is 7.46. The van der Waals surface area contributed by atoms with E-state index in [-0.39, 0.29) is 6.61 Å². The van der Waals surface area contributed by atoms with E-state index in [1.165, 1.54) is 77.0 Å². The summed E-state index contributed by atoms with van der Waals surface area (Å²) in [7, 11) is -4.53.